The van der Waals surface area contributed by atoms with Gasteiger partial charge in [-0.2, -0.15) is 4.39 Å². The molecule has 7 heteroatoms. The Kier molecular flexibility index (Phi) is 3.11. The number of benzene rings is 1. The Morgan fingerprint density at radius 3 is 2.95 bits per heavy atom. The van der Waals surface area contributed by atoms with E-state index in [2.05, 4.69) is 10.3 Å². The van der Waals surface area contributed by atoms with Crippen LogP contribution in [0, 0.1) is 5.82 Å². The topological polar surface area (TPSA) is 76.1 Å². The van der Waals surface area contributed by atoms with E-state index in [9.17, 15) is 14.0 Å². The molecule has 6 nitrogen and oxygen atoms in total. The van der Waals surface area contributed by atoms with Gasteiger partial charge in [-0.15, -0.1) is 0 Å². The van der Waals surface area contributed by atoms with E-state index in [1.54, 1.807) is 0 Å². The standard InChI is InChI=1S/C13H12FN3O3/c14-9-5-16-13(19)17(12(9)18)11-6-15-10-4-2-1-3-8(10)7-20-11/h1-5,11,15H,6-7H2,(H,16,19). The highest BCUT2D eigenvalue weighted by atomic mass is 19.1. The number of para-hydroxylation sites is 1. The summed E-state index contributed by atoms with van der Waals surface area (Å²) in [6.07, 6.45) is -0.116. The van der Waals surface area contributed by atoms with E-state index in [0.29, 0.717) is 0 Å². The maximum atomic E-state index is 13.3. The summed E-state index contributed by atoms with van der Waals surface area (Å²) in [6.45, 7) is 0.430. The van der Waals surface area contributed by atoms with Crippen molar-refractivity contribution in [3.63, 3.8) is 0 Å². The molecule has 0 amide bonds. The lowest BCUT2D eigenvalue weighted by atomic mass is 10.2. The third kappa shape index (κ3) is 2.12. The van der Waals surface area contributed by atoms with E-state index in [4.69, 9.17) is 4.74 Å². The monoisotopic (exact) mass is 277 g/mol. The number of nitrogens with zero attached hydrogens (tertiary/aromatic N) is 1. The molecule has 3 rings (SSSR count). The van der Waals surface area contributed by atoms with Gasteiger partial charge in [0.2, 0.25) is 5.82 Å². The molecular weight excluding hydrogens is 265 g/mol. The van der Waals surface area contributed by atoms with Crippen LogP contribution in [0.15, 0.2) is 40.1 Å². The Bertz CT molecular complexity index is 726. The maximum absolute atomic E-state index is 13.3. The van der Waals surface area contributed by atoms with Gasteiger partial charge in [0.25, 0.3) is 5.56 Å². The first-order chi connectivity index (χ1) is 9.66. The minimum atomic E-state index is -1.02. The van der Waals surface area contributed by atoms with Gasteiger partial charge in [-0.25, -0.2) is 9.36 Å². The number of ether oxygens (including phenoxy) is 1. The average molecular weight is 277 g/mol. The predicted octanol–water partition coefficient (Wildman–Crippen LogP) is 0.817. The second-order valence-corrected chi connectivity index (χ2v) is 4.42. The summed E-state index contributed by atoms with van der Waals surface area (Å²) in [5.74, 6) is -1.02. The summed E-state index contributed by atoms with van der Waals surface area (Å²) >= 11 is 0. The molecule has 0 spiro atoms. The minimum Gasteiger partial charge on any atom is -0.380 e. The summed E-state index contributed by atoms with van der Waals surface area (Å²) in [6, 6.07) is 7.49. The zero-order valence-electron chi connectivity index (χ0n) is 10.4. The Morgan fingerprint density at radius 1 is 1.30 bits per heavy atom. The van der Waals surface area contributed by atoms with Crippen molar-refractivity contribution in [3.05, 3.63) is 62.7 Å². The van der Waals surface area contributed by atoms with Crippen LogP contribution in [0.1, 0.15) is 11.8 Å². The molecule has 2 heterocycles. The number of hydrogen-bond donors (Lipinski definition) is 2. The van der Waals surface area contributed by atoms with Crippen molar-refractivity contribution in [2.75, 3.05) is 11.9 Å². The summed E-state index contributed by atoms with van der Waals surface area (Å²) in [5, 5.41) is 3.09. The fraction of sp³-hybridized carbons (Fsp3) is 0.231. The smallest absolute Gasteiger partial charge is 0.330 e. The number of rotatable bonds is 1. The van der Waals surface area contributed by atoms with Crippen molar-refractivity contribution in [3.8, 4) is 0 Å². The molecule has 1 aromatic heterocycles. The number of H-pyrrole nitrogens is 1. The van der Waals surface area contributed by atoms with E-state index in [1.165, 1.54) is 0 Å². The van der Waals surface area contributed by atoms with Crippen LogP contribution >= 0.6 is 0 Å². The lowest BCUT2D eigenvalue weighted by molar-refractivity contribution is -0.00264. The highest BCUT2D eigenvalue weighted by molar-refractivity contribution is 5.51. The van der Waals surface area contributed by atoms with E-state index in [1.807, 2.05) is 24.3 Å². The van der Waals surface area contributed by atoms with E-state index < -0.39 is 23.3 Å². The summed E-state index contributed by atoms with van der Waals surface area (Å²) in [7, 11) is 0. The number of nitrogens with one attached hydrogen (secondary N) is 2. The lowest BCUT2D eigenvalue weighted by Crippen LogP contribution is -2.42. The van der Waals surface area contributed by atoms with Crippen LogP contribution in [-0.2, 0) is 11.3 Å². The van der Waals surface area contributed by atoms with Gasteiger partial charge in [0.1, 0.15) is 0 Å². The van der Waals surface area contributed by atoms with Crippen LogP contribution in [0.2, 0.25) is 0 Å². The largest absolute Gasteiger partial charge is 0.380 e. The molecule has 1 atom stereocenters. The Hall–Kier alpha value is -2.41. The third-order valence-electron chi connectivity index (χ3n) is 3.17. The van der Waals surface area contributed by atoms with Gasteiger partial charge in [0.15, 0.2) is 6.23 Å². The van der Waals surface area contributed by atoms with Crippen LogP contribution < -0.4 is 16.6 Å². The van der Waals surface area contributed by atoms with Gasteiger partial charge in [-0.05, 0) is 6.07 Å². The molecule has 1 unspecified atom stereocenters. The number of aromatic nitrogens is 2. The van der Waals surface area contributed by atoms with Gasteiger partial charge < -0.3 is 15.0 Å². The van der Waals surface area contributed by atoms with E-state index in [-0.39, 0.29) is 13.2 Å². The van der Waals surface area contributed by atoms with E-state index in [0.717, 1.165) is 22.0 Å². The van der Waals surface area contributed by atoms with Crippen molar-refractivity contribution in [1.82, 2.24) is 9.55 Å². The molecule has 0 bridgehead atoms. The SMILES string of the molecule is O=c1[nH]cc(F)c(=O)n1C1CNc2ccccc2CO1. The molecule has 0 saturated heterocycles. The van der Waals surface area contributed by atoms with Crippen LogP contribution in [0.4, 0.5) is 10.1 Å². The highest BCUT2D eigenvalue weighted by Crippen LogP contribution is 2.22. The fourth-order valence-corrected chi connectivity index (χ4v) is 2.15. The molecule has 0 fully saturated rings. The molecule has 0 radical (unpaired) electrons. The number of halogens is 1. The van der Waals surface area contributed by atoms with Crippen molar-refractivity contribution >= 4 is 5.69 Å². The van der Waals surface area contributed by atoms with Crippen LogP contribution in [-0.4, -0.2) is 16.1 Å². The lowest BCUT2D eigenvalue weighted by Gasteiger charge is -2.16. The van der Waals surface area contributed by atoms with E-state index >= 15 is 0 Å². The third-order valence-corrected chi connectivity index (χ3v) is 3.17. The minimum absolute atomic E-state index is 0.198. The quantitative estimate of drug-likeness (QED) is 0.809. The molecule has 2 aromatic rings. The molecule has 20 heavy (non-hydrogen) atoms. The predicted molar refractivity (Wildman–Crippen MR) is 70.0 cm³/mol. The zero-order valence-corrected chi connectivity index (χ0v) is 10.4. The zero-order chi connectivity index (χ0) is 14.1. The van der Waals surface area contributed by atoms with Crippen LogP contribution in [0.3, 0.4) is 0 Å². The molecule has 104 valence electrons. The van der Waals surface area contributed by atoms with Crippen molar-refractivity contribution in [2.24, 2.45) is 0 Å². The first-order valence-electron chi connectivity index (χ1n) is 6.10. The summed E-state index contributed by atoms with van der Waals surface area (Å²) in [5.41, 5.74) is 0.0902. The molecule has 2 N–H and O–H groups in total. The van der Waals surface area contributed by atoms with Gasteiger partial charge in [-0.3, -0.25) is 4.79 Å². The maximum Gasteiger partial charge on any atom is 0.330 e. The Morgan fingerprint density at radius 2 is 2.10 bits per heavy atom. The average Bonchev–Trinajstić information content (AvgIpc) is 2.67. The molecule has 1 aliphatic heterocycles. The van der Waals surface area contributed by atoms with Crippen LogP contribution in [0.25, 0.3) is 0 Å². The second kappa shape index (κ2) is 4.93. The van der Waals surface area contributed by atoms with Crippen molar-refractivity contribution in [2.45, 2.75) is 12.8 Å². The molecule has 0 saturated carbocycles. The number of anilines is 1. The second-order valence-electron chi connectivity index (χ2n) is 4.42. The molecular formula is C13H12FN3O3. The highest BCUT2D eigenvalue weighted by Gasteiger charge is 2.21. The number of hydrogen-bond acceptors (Lipinski definition) is 4. The first-order valence-corrected chi connectivity index (χ1v) is 6.10. The Labute approximate surface area is 112 Å². The van der Waals surface area contributed by atoms with Crippen LogP contribution in [0.5, 0.6) is 0 Å². The van der Waals surface area contributed by atoms with Gasteiger partial charge >= 0.3 is 5.69 Å². The first kappa shape index (κ1) is 12.6. The molecule has 1 aromatic carbocycles. The molecule has 1 aliphatic rings. The van der Waals surface area contributed by atoms with Crippen molar-refractivity contribution in [1.29, 1.82) is 0 Å². The number of fused-ring (bicyclic) bond motifs is 1. The fourth-order valence-electron chi connectivity index (χ4n) is 2.15. The van der Waals surface area contributed by atoms with Gasteiger partial charge in [0.05, 0.1) is 13.2 Å². The summed E-state index contributed by atoms with van der Waals surface area (Å²) < 4.78 is 19.6. The summed E-state index contributed by atoms with van der Waals surface area (Å²) in [4.78, 5) is 25.6. The Balaban J connectivity index is 1.97. The van der Waals surface area contributed by atoms with Crippen molar-refractivity contribution < 1.29 is 9.13 Å². The van der Waals surface area contributed by atoms with Gasteiger partial charge in [-0.1, -0.05) is 18.2 Å². The normalized spacial score (nSPS) is 17.9. The molecule has 0 aliphatic carbocycles. The number of aromatic amines is 1. The van der Waals surface area contributed by atoms with Gasteiger partial charge in [0, 0.05) is 17.4 Å².